The summed E-state index contributed by atoms with van der Waals surface area (Å²) in [7, 11) is -3.81. The maximum atomic E-state index is 12.6. The predicted molar refractivity (Wildman–Crippen MR) is 107 cm³/mol. The highest BCUT2D eigenvalue weighted by atomic mass is 32.2. The molecule has 28 heavy (non-hydrogen) atoms. The topological polar surface area (TPSA) is 102 Å². The van der Waals surface area contributed by atoms with Crippen LogP contribution in [0.2, 0.25) is 0 Å². The summed E-state index contributed by atoms with van der Waals surface area (Å²) in [6.07, 6.45) is -0.943. The maximum absolute atomic E-state index is 12.6. The maximum Gasteiger partial charge on any atom is 0.338 e. The first-order valence-corrected chi connectivity index (χ1v) is 10.3. The summed E-state index contributed by atoms with van der Waals surface area (Å²) >= 11 is 0. The Bertz CT molecular complexity index is 969. The summed E-state index contributed by atoms with van der Waals surface area (Å²) in [5.41, 5.74) is 2.46. The average molecular weight is 404 g/mol. The predicted octanol–water partition coefficient (Wildman–Crippen LogP) is 2.79. The first kappa shape index (κ1) is 21.4. The summed E-state index contributed by atoms with van der Waals surface area (Å²) in [6.45, 7) is 7.39. The van der Waals surface area contributed by atoms with E-state index in [0.717, 1.165) is 11.1 Å². The molecular formula is C20H24N2O5S. The standard InChI is InChI=1S/C20H24N2O5S/c1-5-21-19(23)15(4)27-20(24)16-9-11-17(12-10-16)28(25,26)22-18-8-6-7-13(2)14(18)3/h6-12,15,22H,5H2,1-4H3,(H,21,23)/t15-/m0/s1. The quantitative estimate of drug-likeness (QED) is 0.691. The molecule has 8 heteroatoms. The zero-order valence-electron chi connectivity index (χ0n) is 16.3. The molecule has 0 heterocycles. The summed E-state index contributed by atoms with van der Waals surface area (Å²) in [5, 5.41) is 2.56. The second-order valence-electron chi connectivity index (χ2n) is 6.32. The first-order chi connectivity index (χ1) is 13.2. The Hall–Kier alpha value is -2.87. The number of carbonyl (C=O) groups is 2. The van der Waals surface area contributed by atoms with Crippen molar-refractivity contribution in [3.63, 3.8) is 0 Å². The molecule has 2 aromatic carbocycles. The van der Waals surface area contributed by atoms with Gasteiger partial charge in [0.25, 0.3) is 15.9 Å². The largest absolute Gasteiger partial charge is 0.449 e. The molecule has 2 aromatic rings. The zero-order valence-corrected chi connectivity index (χ0v) is 17.1. The van der Waals surface area contributed by atoms with Gasteiger partial charge in [0.05, 0.1) is 16.1 Å². The highest BCUT2D eigenvalue weighted by molar-refractivity contribution is 7.92. The number of anilines is 1. The molecule has 0 spiro atoms. The average Bonchev–Trinajstić information content (AvgIpc) is 2.65. The van der Waals surface area contributed by atoms with E-state index < -0.39 is 28.0 Å². The van der Waals surface area contributed by atoms with Gasteiger partial charge in [0.2, 0.25) is 0 Å². The summed E-state index contributed by atoms with van der Waals surface area (Å²) < 4.78 is 32.9. The van der Waals surface area contributed by atoms with Gasteiger partial charge in [0, 0.05) is 6.54 Å². The fraction of sp³-hybridized carbons (Fsp3) is 0.300. The second-order valence-corrected chi connectivity index (χ2v) is 8.00. The molecule has 0 aliphatic carbocycles. The van der Waals surface area contributed by atoms with Crippen LogP contribution >= 0.6 is 0 Å². The van der Waals surface area contributed by atoms with E-state index in [9.17, 15) is 18.0 Å². The Morgan fingerprint density at radius 1 is 1.07 bits per heavy atom. The van der Waals surface area contributed by atoms with Crippen LogP contribution in [0.1, 0.15) is 35.3 Å². The van der Waals surface area contributed by atoms with Crippen molar-refractivity contribution in [3.8, 4) is 0 Å². The minimum atomic E-state index is -3.81. The molecule has 0 bridgehead atoms. The van der Waals surface area contributed by atoms with Crippen LogP contribution in [0.25, 0.3) is 0 Å². The zero-order chi connectivity index (χ0) is 20.9. The first-order valence-electron chi connectivity index (χ1n) is 8.83. The van der Waals surface area contributed by atoms with Crippen molar-refractivity contribution in [1.82, 2.24) is 5.32 Å². The van der Waals surface area contributed by atoms with Crippen molar-refractivity contribution < 1.29 is 22.7 Å². The van der Waals surface area contributed by atoms with Crippen LogP contribution in [0, 0.1) is 13.8 Å². The van der Waals surface area contributed by atoms with Crippen LogP contribution in [0.5, 0.6) is 0 Å². The monoisotopic (exact) mass is 404 g/mol. The molecule has 0 aromatic heterocycles. The van der Waals surface area contributed by atoms with E-state index in [4.69, 9.17) is 4.74 Å². The molecule has 2 rings (SSSR count). The number of hydrogen-bond donors (Lipinski definition) is 2. The van der Waals surface area contributed by atoms with Gasteiger partial charge in [-0.15, -0.1) is 0 Å². The molecule has 0 saturated heterocycles. The lowest BCUT2D eigenvalue weighted by atomic mass is 10.1. The van der Waals surface area contributed by atoms with Crippen LogP contribution in [0.15, 0.2) is 47.4 Å². The van der Waals surface area contributed by atoms with Gasteiger partial charge < -0.3 is 10.1 Å². The highest BCUT2D eigenvalue weighted by Gasteiger charge is 2.20. The van der Waals surface area contributed by atoms with Crippen molar-refractivity contribution in [2.75, 3.05) is 11.3 Å². The molecule has 0 aliphatic rings. The van der Waals surface area contributed by atoms with Gasteiger partial charge in [-0.05, 0) is 69.2 Å². The van der Waals surface area contributed by atoms with Crippen molar-refractivity contribution in [3.05, 3.63) is 59.2 Å². The number of amides is 1. The van der Waals surface area contributed by atoms with Gasteiger partial charge in [-0.1, -0.05) is 12.1 Å². The molecule has 1 amide bonds. The highest BCUT2D eigenvalue weighted by Crippen LogP contribution is 2.22. The molecule has 0 aliphatic heterocycles. The molecule has 7 nitrogen and oxygen atoms in total. The van der Waals surface area contributed by atoms with Crippen molar-refractivity contribution in [2.45, 2.75) is 38.7 Å². The third-order valence-corrected chi connectivity index (χ3v) is 5.63. The Balaban J connectivity index is 2.13. The number of rotatable bonds is 7. The fourth-order valence-corrected chi connectivity index (χ4v) is 3.56. The lowest BCUT2D eigenvalue weighted by Crippen LogP contribution is -2.35. The Kier molecular flexibility index (Phi) is 6.80. The van der Waals surface area contributed by atoms with E-state index in [2.05, 4.69) is 10.0 Å². The Morgan fingerprint density at radius 2 is 1.71 bits per heavy atom. The molecule has 2 N–H and O–H groups in total. The molecule has 1 atom stereocenters. The molecule has 150 valence electrons. The van der Waals surface area contributed by atoms with Gasteiger partial charge in [-0.2, -0.15) is 0 Å². The minimum absolute atomic E-state index is 0.0155. The Labute approximate surface area is 165 Å². The number of aryl methyl sites for hydroxylation is 1. The smallest absolute Gasteiger partial charge is 0.338 e. The van der Waals surface area contributed by atoms with Crippen LogP contribution in [0.4, 0.5) is 5.69 Å². The lowest BCUT2D eigenvalue weighted by molar-refractivity contribution is -0.128. The molecule has 0 unspecified atom stereocenters. The Morgan fingerprint density at radius 3 is 2.32 bits per heavy atom. The van der Waals surface area contributed by atoms with E-state index >= 15 is 0 Å². The lowest BCUT2D eigenvalue weighted by Gasteiger charge is -2.14. The SMILES string of the molecule is CCNC(=O)[C@H](C)OC(=O)c1ccc(S(=O)(=O)Nc2cccc(C)c2C)cc1. The third kappa shape index (κ3) is 5.10. The number of carbonyl (C=O) groups excluding carboxylic acids is 2. The van der Waals surface area contributed by atoms with Crippen LogP contribution in [-0.2, 0) is 19.6 Å². The number of ether oxygens (including phenoxy) is 1. The van der Waals surface area contributed by atoms with E-state index in [1.54, 1.807) is 19.1 Å². The normalized spacial score (nSPS) is 12.1. The van der Waals surface area contributed by atoms with E-state index in [1.165, 1.54) is 31.2 Å². The number of sulfonamides is 1. The molecular weight excluding hydrogens is 380 g/mol. The molecule has 0 fully saturated rings. The van der Waals surface area contributed by atoms with Crippen molar-refractivity contribution >= 4 is 27.6 Å². The van der Waals surface area contributed by atoms with Gasteiger partial charge >= 0.3 is 5.97 Å². The summed E-state index contributed by atoms with van der Waals surface area (Å²) in [5.74, 6) is -1.10. The summed E-state index contributed by atoms with van der Waals surface area (Å²) in [6, 6.07) is 10.7. The van der Waals surface area contributed by atoms with E-state index in [0.29, 0.717) is 12.2 Å². The number of nitrogens with one attached hydrogen (secondary N) is 2. The van der Waals surface area contributed by atoms with Gasteiger partial charge in [-0.25, -0.2) is 13.2 Å². The summed E-state index contributed by atoms with van der Waals surface area (Å²) in [4.78, 5) is 23.8. The minimum Gasteiger partial charge on any atom is -0.449 e. The van der Waals surface area contributed by atoms with E-state index in [1.807, 2.05) is 19.9 Å². The van der Waals surface area contributed by atoms with Gasteiger partial charge in [0.1, 0.15) is 0 Å². The van der Waals surface area contributed by atoms with Crippen molar-refractivity contribution in [1.29, 1.82) is 0 Å². The van der Waals surface area contributed by atoms with Crippen LogP contribution in [-0.4, -0.2) is 32.9 Å². The molecule has 0 saturated carbocycles. The fourth-order valence-electron chi connectivity index (χ4n) is 2.44. The van der Waals surface area contributed by atoms with Crippen LogP contribution < -0.4 is 10.0 Å². The van der Waals surface area contributed by atoms with Crippen LogP contribution in [0.3, 0.4) is 0 Å². The number of esters is 1. The molecule has 0 radical (unpaired) electrons. The number of benzene rings is 2. The third-order valence-electron chi connectivity index (χ3n) is 4.25. The van der Waals surface area contributed by atoms with Crippen molar-refractivity contribution in [2.24, 2.45) is 0 Å². The van der Waals surface area contributed by atoms with Gasteiger partial charge in [-0.3, -0.25) is 9.52 Å². The van der Waals surface area contributed by atoms with Gasteiger partial charge in [0.15, 0.2) is 6.10 Å². The number of hydrogen-bond acceptors (Lipinski definition) is 5. The van der Waals surface area contributed by atoms with E-state index in [-0.39, 0.29) is 10.5 Å². The second kappa shape index (κ2) is 8.88. The number of likely N-dealkylation sites (N-methyl/N-ethyl adjacent to an activating group) is 1.